The van der Waals surface area contributed by atoms with Crippen LogP contribution in [0.25, 0.3) is 27.3 Å². The summed E-state index contributed by atoms with van der Waals surface area (Å²) in [7, 11) is -2.03. The number of aromatic nitrogens is 6. The number of rotatable bonds is 5. The molecule has 0 saturated heterocycles. The van der Waals surface area contributed by atoms with Crippen LogP contribution < -0.4 is 0 Å². The maximum absolute atomic E-state index is 12.5. The van der Waals surface area contributed by atoms with Gasteiger partial charge in [0.25, 0.3) is 0 Å². The van der Waals surface area contributed by atoms with E-state index in [-0.39, 0.29) is 0 Å². The Morgan fingerprint density at radius 1 is 1.19 bits per heavy atom. The average Bonchev–Trinajstić information content (AvgIpc) is 3.47. The first-order valence-corrected chi connectivity index (χ1v) is 14.9. The van der Waals surface area contributed by atoms with E-state index in [2.05, 4.69) is 36.2 Å². The van der Waals surface area contributed by atoms with Crippen LogP contribution in [0.4, 0.5) is 0 Å². The molecule has 32 heavy (non-hydrogen) atoms. The van der Waals surface area contributed by atoms with Gasteiger partial charge in [0.05, 0.1) is 18.2 Å². The maximum atomic E-state index is 12.5. The van der Waals surface area contributed by atoms with Crippen LogP contribution in [0, 0.1) is 12.8 Å². The molecule has 5 rings (SSSR count). The SMILES string of the molecule is Cc1nnc(-c2ccc(-n3nc(Br)c4cnc(C[C@@H]5CC[C@@H](P(C)(C)=O)C5)nc43)cc2)s1. The number of benzene rings is 1. The molecule has 2 atom stereocenters. The summed E-state index contributed by atoms with van der Waals surface area (Å²) in [6.45, 7) is 5.78. The molecule has 166 valence electrons. The summed E-state index contributed by atoms with van der Waals surface area (Å²) in [6.07, 6.45) is 5.79. The molecule has 0 bridgehead atoms. The zero-order valence-corrected chi connectivity index (χ0v) is 21.5. The Bertz CT molecular complexity index is 1330. The first kappa shape index (κ1) is 21.9. The molecule has 1 fully saturated rings. The minimum Gasteiger partial charge on any atom is -0.324 e. The van der Waals surface area contributed by atoms with E-state index in [1.54, 1.807) is 11.3 Å². The van der Waals surface area contributed by atoms with E-state index in [0.29, 0.717) is 11.6 Å². The smallest absolute Gasteiger partial charge is 0.167 e. The van der Waals surface area contributed by atoms with Crippen molar-refractivity contribution >= 4 is 45.4 Å². The normalized spacial score (nSPS) is 19.1. The lowest BCUT2D eigenvalue weighted by Gasteiger charge is -2.15. The van der Waals surface area contributed by atoms with Crippen LogP contribution >= 0.6 is 34.4 Å². The average molecular weight is 531 g/mol. The highest BCUT2D eigenvalue weighted by atomic mass is 79.9. The fourth-order valence-corrected chi connectivity index (χ4v) is 7.11. The Morgan fingerprint density at radius 3 is 2.62 bits per heavy atom. The highest BCUT2D eigenvalue weighted by Crippen LogP contribution is 2.51. The third kappa shape index (κ3) is 4.30. The van der Waals surface area contributed by atoms with Crippen molar-refractivity contribution in [3.05, 3.63) is 45.9 Å². The van der Waals surface area contributed by atoms with Gasteiger partial charge in [-0.25, -0.2) is 14.6 Å². The molecule has 1 aliphatic carbocycles. The van der Waals surface area contributed by atoms with Crippen molar-refractivity contribution in [2.24, 2.45) is 5.92 Å². The van der Waals surface area contributed by atoms with Gasteiger partial charge in [0.15, 0.2) is 5.65 Å². The van der Waals surface area contributed by atoms with Crippen LogP contribution in [0.2, 0.25) is 0 Å². The molecule has 3 aromatic heterocycles. The minimum absolute atomic E-state index is 0.339. The fraction of sp³-hybridized carbons (Fsp3) is 0.409. The second-order valence-electron chi connectivity index (χ2n) is 8.87. The van der Waals surface area contributed by atoms with Crippen LogP contribution in [0.3, 0.4) is 0 Å². The van der Waals surface area contributed by atoms with E-state index in [1.807, 2.05) is 55.4 Å². The number of halogens is 1. The number of nitrogens with zero attached hydrogens (tertiary/aromatic N) is 6. The molecule has 1 aliphatic rings. The van der Waals surface area contributed by atoms with Crippen LogP contribution in [0.5, 0.6) is 0 Å². The van der Waals surface area contributed by atoms with Crippen LogP contribution in [-0.4, -0.2) is 48.9 Å². The first-order valence-electron chi connectivity index (χ1n) is 10.6. The molecule has 0 unspecified atom stereocenters. The number of aryl methyl sites for hydroxylation is 1. The van der Waals surface area contributed by atoms with Gasteiger partial charge in [-0.3, -0.25) is 0 Å². The quantitative estimate of drug-likeness (QED) is 0.306. The number of hydrogen-bond acceptors (Lipinski definition) is 7. The largest absolute Gasteiger partial charge is 0.324 e. The lowest BCUT2D eigenvalue weighted by Crippen LogP contribution is -2.08. The third-order valence-corrected chi connectivity index (χ3v) is 9.88. The predicted octanol–water partition coefficient (Wildman–Crippen LogP) is 5.74. The third-order valence-electron chi connectivity index (χ3n) is 6.18. The summed E-state index contributed by atoms with van der Waals surface area (Å²) in [6, 6.07) is 8.11. The Morgan fingerprint density at radius 2 is 1.97 bits per heavy atom. The van der Waals surface area contributed by atoms with Crippen molar-refractivity contribution in [2.75, 3.05) is 13.3 Å². The van der Waals surface area contributed by atoms with E-state index in [9.17, 15) is 4.57 Å². The number of fused-ring (bicyclic) bond motifs is 1. The Labute approximate surface area is 199 Å². The van der Waals surface area contributed by atoms with Crippen molar-refractivity contribution in [2.45, 2.75) is 38.3 Å². The zero-order chi connectivity index (χ0) is 22.5. The molecule has 0 N–H and O–H groups in total. The summed E-state index contributed by atoms with van der Waals surface area (Å²) < 4.78 is 15.0. The van der Waals surface area contributed by atoms with Crippen LogP contribution in [-0.2, 0) is 11.0 Å². The summed E-state index contributed by atoms with van der Waals surface area (Å²) in [5, 5.41) is 15.7. The van der Waals surface area contributed by atoms with E-state index in [0.717, 1.165) is 68.4 Å². The molecule has 7 nitrogen and oxygen atoms in total. The summed E-state index contributed by atoms with van der Waals surface area (Å²) in [5.41, 5.74) is 3.08. The molecule has 0 spiro atoms. The molecular formula is C22H24BrN6OPS. The monoisotopic (exact) mass is 530 g/mol. The molecular weight excluding hydrogens is 507 g/mol. The van der Waals surface area contributed by atoms with E-state index in [4.69, 9.17) is 4.98 Å². The van der Waals surface area contributed by atoms with Gasteiger partial charge < -0.3 is 4.57 Å². The highest BCUT2D eigenvalue weighted by Gasteiger charge is 2.33. The van der Waals surface area contributed by atoms with Gasteiger partial charge in [-0.1, -0.05) is 11.3 Å². The second kappa shape index (κ2) is 8.43. The van der Waals surface area contributed by atoms with Gasteiger partial charge in [0, 0.05) is 23.8 Å². The second-order valence-corrected chi connectivity index (χ2v) is 14.4. The molecule has 4 aromatic rings. The van der Waals surface area contributed by atoms with Gasteiger partial charge in [-0.2, -0.15) is 5.10 Å². The van der Waals surface area contributed by atoms with Gasteiger partial charge in [0.1, 0.15) is 20.4 Å². The van der Waals surface area contributed by atoms with Gasteiger partial charge in [-0.15, -0.1) is 10.2 Å². The lowest BCUT2D eigenvalue weighted by molar-refractivity contribution is 0.526. The highest BCUT2D eigenvalue weighted by molar-refractivity contribution is 9.10. The van der Waals surface area contributed by atoms with E-state index >= 15 is 0 Å². The minimum atomic E-state index is -2.03. The van der Waals surface area contributed by atoms with Crippen LogP contribution in [0.1, 0.15) is 30.1 Å². The van der Waals surface area contributed by atoms with Gasteiger partial charge in [0.2, 0.25) is 0 Å². The first-order chi connectivity index (χ1) is 15.3. The lowest BCUT2D eigenvalue weighted by atomic mass is 10.0. The molecule has 10 heteroatoms. The van der Waals surface area contributed by atoms with E-state index < -0.39 is 7.14 Å². The zero-order valence-electron chi connectivity index (χ0n) is 18.2. The standard InChI is InChI=1S/C22H24BrN6OPS/c1-13-26-27-22(32-13)15-5-7-16(8-6-15)29-21-18(20(23)28-29)12-24-19(25-21)11-14-4-9-17(10-14)31(2,3)30/h5-8,12,14,17H,4,9-11H2,1-3H3/t14-,17-/m1/s1. The Kier molecular flexibility index (Phi) is 5.76. The van der Waals surface area contributed by atoms with Crippen molar-refractivity contribution in [3.63, 3.8) is 0 Å². The van der Waals surface area contributed by atoms with Gasteiger partial charge in [-0.05, 0) is 85.6 Å². The molecule has 1 aromatic carbocycles. The van der Waals surface area contributed by atoms with Crippen molar-refractivity contribution in [1.29, 1.82) is 0 Å². The predicted molar refractivity (Wildman–Crippen MR) is 132 cm³/mol. The van der Waals surface area contributed by atoms with Crippen molar-refractivity contribution in [1.82, 2.24) is 29.9 Å². The summed E-state index contributed by atoms with van der Waals surface area (Å²) >= 11 is 5.13. The van der Waals surface area contributed by atoms with E-state index in [1.165, 1.54) is 0 Å². The molecule has 1 saturated carbocycles. The molecule has 0 amide bonds. The Hall–Kier alpha value is -1.96. The Balaban J connectivity index is 1.42. The topological polar surface area (TPSA) is 86.5 Å². The van der Waals surface area contributed by atoms with Crippen molar-refractivity contribution < 1.29 is 4.57 Å². The number of hydrogen-bond donors (Lipinski definition) is 0. The van der Waals surface area contributed by atoms with Gasteiger partial charge >= 0.3 is 0 Å². The summed E-state index contributed by atoms with van der Waals surface area (Å²) in [4.78, 5) is 9.48. The maximum Gasteiger partial charge on any atom is 0.167 e. The van der Waals surface area contributed by atoms with Crippen LogP contribution in [0.15, 0.2) is 35.1 Å². The van der Waals surface area contributed by atoms with Crippen molar-refractivity contribution in [3.8, 4) is 16.3 Å². The summed E-state index contributed by atoms with van der Waals surface area (Å²) in [5.74, 6) is 1.31. The fourth-order valence-electron chi connectivity index (χ4n) is 4.40. The molecule has 0 radical (unpaired) electrons. The molecule has 0 aliphatic heterocycles. The molecule has 3 heterocycles.